The van der Waals surface area contributed by atoms with E-state index in [0.29, 0.717) is 10.9 Å². The normalized spacial score (nSPS) is 11.6. The lowest BCUT2D eigenvalue weighted by molar-refractivity contribution is -0.137. The number of hydrogen-bond acceptors (Lipinski definition) is 3. The summed E-state index contributed by atoms with van der Waals surface area (Å²) in [7, 11) is 1.68. The molecule has 1 aromatic carbocycles. The van der Waals surface area contributed by atoms with Gasteiger partial charge in [-0.3, -0.25) is 4.79 Å². The van der Waals surface area contributed by atoms with Gasteiger partial charge in [-0.05, 0) is 35.7 Å². The van der Waals surface area contributed by atoms with Gasteiger partial charge in [-0.25, -0.2) is 4.98 Å². The minimum atomic E-state index is -4.41. The molecule has 1 aromatic heterocycles. The molecule has 0 fully saturated rings. The molecule has 2 rings (SSSR count). The Bertz CT molecular complexity index is 730. The van der Waals surface area contributed by atoms with E-state index >= 15 is 0 Å². The van der Waals surface area contributed by atoms with Gasteiger partial charge in [0, 0.05) is 18.9 Å². The summed E-state index contributed by atoms with van der Waals surface area (Å²) in [6.07, 6.45) is -3.63. The SMILES string of the molecule is CC(C)c1cccc(N(C)C(=O)CSc2ccc(C(F)(F)F)cn2)c1. The zero-order chi connectivity index (χ0) is 18.6. The quantitative estimate of drug-likeness (QED) is 0.698. The van der Waals surface area contributed by atoms with Gasteiger partial charge in [-0.15, -0.1) is 0 Å². The van der Waals surface area contributed by atoms with Crippen LogP contribution in [0.1, 0.15) is 30.9 Å². The first kappa shape index (κ1) is 19.3. The molecule has 7 heteroatoms. The zero-order valence-electron chi connectivity index (χ0n) is 14.2. The van der Waals surface area contributed by atoms with Gasteiger partial charge in [0.2, 0.25) is 5.91 Å². The van der Waals surface area contributed by atoms with Crippen molar-refractivity contribution in [3.8, 4) is 0 Å². The van der Waals surface area contributed by atoms with Crippen LogP contribution in [0, 0.1) is 0 Å². The van der Waals surface area contributed by atoms with E-state index in [-0.39, 0.29) is 11.7 Å². The summed E-state index contributed by atoms with van der Waals surface area (Å²) >= 11 is 1.11. The molecule has 0 radical (unpaired) electrons. The summed E-state index contributed by atoms with van der Waals surface area (Å²) in [5, 5.41) is 0.380. The Morgan fingerprint density at radius 1 is 1.24 bits per heavy atom. The topological polar surface area (TPSA) is 33.2 Å². The molecule has 0 saturated carbocycles. The second-order valence-electron chi connectivity index (χ2n) is 5.87. The number of carbonyl (C=O) groups excluding carboxylic acids is 1. The maximum atomic E-state index is 12.5. The van der Waals surface area contributed by atoms with Crippen molar-refractivity contribution in [2.45, 2.75) is 31.0 Å². The Hall–Kier alpha value is -2.02. The molecule has 0 N–H and O–H groups in total. The maximum Gasteiger partial charge on any atom is 0.417 e. The zero-order valence-corrected chi connectivity index (χ0v) is 15.0. The molecule has 0 unspecified atom stereocenters. The predicted octanol–water partition coefficient (Wildman–Crippen LogP) is 4.98. The fourth-order valence-electron chi connectivity index (χ4n) is 2.10. The van der Waals surface area contributed by atoms with Crippen LogP contribution in [0.5, 0.6) is 0 Å². The Morgan fingerprint density at radius 3 is 2.52 bits per heavy atom. The molecule has 1 amide bonds. The van der Waals surface area contributed by atoms with Crippen molar-refractivity contribution in [1.29, 1.82) is 0 Å². The second-order valence-corrected chi connectivity index (χ2v) is 6.87. The summed E-state index contributed by atoms with van der Waals surface area (Å²) in [4.78, 5) is 17.6. The highest BCUT2D eigenvalue weighted by molar-refractivity contribution is 7.99. The molecule has 1 heterocycles. The van der Waals surface area contributed by atoms with E-state index in [1.54, 1.807) is 11.9 Å². The standard InChI is InChI=1S/C18H19F3N2OS/c1-12(2)13-5-4-6-15(9-13)23(3)17(24)11-25-16-8-7-14(10-22-16)18(19,20)21/h4-10,12H,11H2,1-3H3. The van der Waals surface area contributed by atoms with E-state index < -0.39 is 11.7 Å². The lowest BCUT2D eigenvalue weighted by Crippen LogP contribution is -2.28. The molecule has 3 nitrogen and oxygen atoms in total. The van der Waals surface area contributed by atoms with Gasteiger partial charge in [0.1, 0.15) is 0 Å². The number of anilines is 1. The van der Waals surface area contributed by atoms with Gasteiger partial charge in [0.15, 0.2) is 0 Å². The van der Waals surface area contributed by atoms with Crippen molar-refractivity contribution in [2.24, 2.45) is 0 Å². The van der Waals surface area contributed by atoms with Crippen LogP contribution in [-0.4, -0.2) is 23.7 Å². The largest absolute Gasteiger partial charge is 0.417 e. The van der Waals surface area contributed by atoms with Crippen molar-refractivity contribution < 1.29 is 18.0 Å². The Labute approximate surface area is 149 Å². The fraction of sp³-hybridized carbons (Fsp3) is 0.333. The molecule has 0 aliphatic rings. The van der Waals surface area contributed by atoms with Crippen LogP contribution in [0.25, 0.3) is 0 Å². The minimum Gasteiger partial charge on any atom is -0.315 e. The number of aromatic nitrogens is 1. The van der Waals surface area contributed by atoms with Gasteiger partial charge in [0.25, 0.3) is 0 Å². The number of pyridine rings is 1. The van der Waals surface area contributed by atoms with Crippen molar-refractivity contribution in [2.75, 3.05) is 17.7 Å². The predicted molar refractivity (Wildman–Crippen MR) is 93.9 cm³/mol. The lowest BCUT2D eigenvalue weighted by atomic mass is 10.0. The van der Waals surface area contributed by atoms with E-state index in [2.05, 4.69) is 18.8 Å². The smallest absolute Gasteiger partial charge is 0.315 e. The minimum absolute atomic E-state index is 0.0980. The van der Waals surface area contributed by atoms with E-state index in [1.807, 2.05) is 24.3 Å². The number of rotatable bonds is 5. The molecule has 0 aliphatic heterocycles. The van der Waals surface area contributed by atoms with E-state index in [0.717, 1.165) is 35.3 Å². The molecule has 0 atom stereocenters. The van der Waals surface area contributed by atoms with Crippen LogP contribution in [0.3, 0.4) is 0 Å². The van der Waals surface area contributed by atoms with Crippen LogP contribution in [0.4, 0.5) is 18.9 Å². The molecule has 2 aromatic rings. The monoisotopic (exact) mass is 368 g/mol. The number of hydrogen-bond donors (Lipinski definition) is 0. The molecule has 134 valence electrons. The number of nitrogens with zero attached hydrogens (tertiary/aromatic N) is 2. The summed E-state index contributed by atoms with van der Waals surface area (Å²) < 4.78 is 37.5. The average molecular weight is 368 g/mol. The van der Waals surface area contributed by atoms with Crippen LogP contribution >= 0.6 is 11.8 Å². The third kappa shape index (κ3) is 5.22. The Morgan fingerprint density at radius 2 is 1.96 bits per heavy atom. The van der Waals surface area contributed by atoms with Gasteiger partial charge < -0.3 is 4.90 Å². The summed E-state index contributed by atoms with van der Waals surface area (Å²) in [5.41, 5.74) is 1.12. The van der Waals surface area contributed by atoms with Crippen LogP contribution in [-0.2, 0) is 11.0 Å². The molecule has 0 spiro atoms. The number of benzene rings is 1. The molecular formula is C18H19F3N2OS. The van der Waals surface area contributed by atoms with Crippen molar-refractivity contribution in [1.82, 2.24) is 4.98 Å². The first-order chi connectivity index (χ1) is 11.7. The maximum absolute atomic E-state index is 12.5. The molecule has 0 saturated heterocycles. The molecule has 0 bridgehead atoms. The number of carbonyl (C=O) groups is 1. The molecular weight excluding hydrogens is 349 g/mol. The van der Waals surface area contributed by atoms with E-state index in [4.69, 9.17) is 0 Å². The van der Waals surface area contributed by atoms with Gasteiger partial charge in [-0.1, -0.05) is 37.7 Å². The number of thioether (sulfide) groups is 1. The lowest BCUT2D eigenvalue weighted by Gasteiger charge is -2.18. The van der Waals surface area contributed by atoms with Crippen molar-refractivity contribution in [3.05, 3.63) is 53.7 Å². The summed E-state index contributed by atoms with van der Waals surface area (Å²) in [6, 6.07) is 9.97. The second kappa shape index (κ2) is 7.91. The van der Waals surface area contributed by atoms with E-state index in [9.17, 15) is 18.0 Å². The highest BCUT2D eigenvalue weighted by Crippen LogP contribution is 2.29. The average Bonchev–Trinajstić information content (AvgIpc) is 2.58. The highest BCUT2D eigenvalue weighted by atomic mass is 32.2. The first-order valence-electron chi connectivity index (χ1n) is 7.71. The van der Waals surface area contributed by atoms with E-state index in [1.165, 1.54) is 6.07 Å². The first-order valence-corrected chi connectivity index (χ1v) is 8.69. The Balaban J connectivity index is 1.99. The summed E-state index contributed by atoms with van der Waals surface area (Å²) in [6.45, 7) is 4.15. The number of alkyl halides is 3. The van der Waals surface area contributed by atoms with Crippen LogP contribution in [0.2, 0.25) is 0 Å². The number of amides is 1. The third-order valence-corrected chi connectivity index (χ3v) is 4.63. The van der Waals surface area contributed by atoms with Gasteiger partial charge in [0.05, 0.1) is 16.3 Å². The molecule has 25 heavy (non-hydrogen) atoms. The summed E-state index contributed by atoms with van der Waals surface area (Å²) in [5.74, 6) is 0.308. The fourth-order valence-corrected chi connectivity index (χ4v) is 2.86. The number of halogens is 3. The van der Waals surface area contributed by atoms with Gasteiger partial charge in [-0.2, -0.15) is 13.2 Å². The van der Waals surface area contributed by atoms with Crippen LogP contribution < -0.4 is 4.90 Å². The third-order valence-electron chi connectivity index (χ3n) is 3.71. The molecule has 0 aliphatic carbocycles. The van der Waals surface area contributed by atoms with Gasteiger partial charge >= 0.3 is 6.18 Å². The van der Waals surface area contributed by atoms with Crippen molar-refractivity contribution >= 4 is 23.4 Å². The van der Waals surface area contributed by atoms with Crippen molar-refractivity contribution in [3.63, 3.8) is 0 Å². The Kier molecular flexibility index (Phi) is 6.11. The highest BCUT2D eigenvalue weighted by Gasteiger charge is 2.30. The van der Waals surface area contributed by atoms with Crippen LogP contribution in [0.15, 0.2) is 47.6 Å².